The topological polar surface area (TPSA) is 119 Å². The van der Waals surface area contributed by atoms with E-state index in [9.17, 15) is 9.59 Å². The zero-order valence-corrected chi connectivity index (χ0v) is 19.0. The summed E-state index contributed by atoms with van der Waals surface area (Å²) in [5.74, 6) is -0.736. The van der Waals surface area contributed by atoms with Crippen molar-refractivity contribution < 1.29 is 19.1 Å². The van der Waals surface area contributed by atoms with Crippen LogP contribution >= 0.6 is 34.7 Å². The normalized spacial score (nSPS) is 14.3. The van der Waals surface area contributed by atoms with Gasteiger partial charge in [-0.1, -0.05) is 35.3 Å². The molecular weight excluding hydrogens is 465 g/mol. The first kappa shape index (κ1) is 23.6. The minimum Gasteiger partial charge on any atom is -0.472 e. The number of aromatic nitrogens is 1. The minimum absolute atomic E-state index is 0.00613. The summed E-state index contributed by atoms with van der Waals surface area (Å²) in [5, 5.41) is 6.34. The summed E-state index contributed by atoms with van der Waals surface area (Å²) < 4.78 is 15.0. The highest BCUT2D eigenvalue weighted by Crippen LogP contribution is 2.32. The molecule has 2 heterocycles. The molecule has 1 aromatic carbocycles. The number of amides is 3. The van der Waals surface area contributed by atoms with Crippen molar-refractivity contribution in [1.29, 1.82) is 0 Å². The van der Waals surface area contributed by atoms with Crippen LogP contribution in [-0.4, -0.2) is 60.6 Å². The summed E-state index contributed by atoms with van der Waals surface area (Å²) in [6, 6.07) is 4.69. The molecule has 3 rings (SSSR count). The molecule has 0 bridgehead atoms. The van der Waals surface area contributed by atoms with Crippen molar-refractivity contribution in [2.75, 3.05) is 44.7 Å². The van der Waals surface area contributed by atoms with Gasteiger partial charge in [-0.25, -0.2) is 4.79 Å². The van der Waals surface area contributed by atoms with Crippen LogP contribution in [0.4, 0.5) is 9.80 Å². The number of nitrogens with one attached hydrogen (secondary N) is 2. The second kappa shape index (κ2) is 11.5. The molecule has 2 aromatic rings. The molecule has 0 aliphatic carbocycles. The van der Waals surface area contributed by atoms with E-state index >= 15 is 0 Å². The first-order chi connectivity index (χ1) is 15.0. The molecule has 0 unspecified atom stereocenters. The van der Waals surface area contributed by atoms with Gasteiger partial charge in [-0.05, 0) is 30.6 Å². The molecule has 4 N–H and O–H groups in total. The largest absolute Gasteiger partial charge is 0.472 e. The highest BCUT2D eigenvalue weighted by molar-refractivity contribution is 7.11. The zero-order chi connectivity index (χ0) is 22.2. The summed E-state index contributed by atoms with van der Waals surface area (Å²) in [4.78, 5) is 26.4. The number of carbonyl (C=O) groups excluding carboxylic acids is 2. The Bertz CT molecular complexity index is 921. The number of benzene rings is 1. The third kappa shape index (κ3) is 6.68. The molecule has 1 fully saturated rings. The second-order valence-electron chi connectivity index (χ2n) is 6.75. The van der Waals surface area contributed by atoms with Gasteiger partial charge in [0.05, 0.1) is 23.3 Å². The molecule has 0 spiro atoms. The summed E-state index contributed by atoms with van der Waals surface area (Å²) in [7, 11) is 0. The SMILES string of the molecule is NC(=O)c1c(OCc2cccc(Cl)c2Cl)nsc1NC(=O)NCCCN1CCOCC1. The molecule has 9 nitrogen and oxygen atoms in total. The highest BCUT2D eigenvalue weighted by atomic mass is 35.5. The van der Waals surface area contributed by atoms with E-state index in [4.69, 9.17) is 38.4 Å². The number of anilines is 1. The lowest BCUT2D eigenvalue weighted by atomic mass is 10.2. The van der Waals surface area contributed by atoms with Gasteiger partial charge in [-0.3, -0.25) is 15.0 Å². The number of hydrogen-bond acceptors (Lipinski definition) is 7. The maximum Gasteiger partial charge on any atom is 0.319 e. The van der Waals surface area contributed by atoms with Crippen LogP contribution in [-0.2, 0) is 11.3 Å². The van der Waals surface area contributed by atoms with Gasteiger partial charge in [0.15, 0.2) is 0 Å². The lowest BCUT2D eigenvalue weighted by Gasteiger charge is -2.26. The smallest absolute Gasteiger partial charge is 0.319 e. The van der Waals surface area contributed by atoms with Crippen LogP contribution in [0.1, 0.15) is 22.3 Å². The lowest BCUT2D eigenvalue weighted by Crippen LogP contribution is -2.38. The van der Waals surface area contributed by atoms with Crippen molar-refractivity contribution in [3.63, 3.8) is 0 Å². The summed E-state index contributed by atoms with van der Waals surface area (Å²) >= 11 is 13.1. The molecule has 0 atom stereocenters. The third-order valence-electron chi connectivity index (χ3n) is 4.57. The van der Waals surface area contributed by atoms with Crippen molar-refractivity contribution in [2.45, 2.75) is 13.0 Å². The first-order valence-electron chi connectivity index (χ1n) is 9.66. The predicted molar refractivity (Wildman–Crippen MR) is 120 cm³/mol. The van der Waals surface area contributed by atoms with Gasteiger partial charge in [0.1, 0.15) is 17.2 Å². The fourth-order valence-corrected chi connectivity index (χ4v) is 4.07. The van der Waals surface area contributed by atoms with Gasteiger partial charge in [0, 0.05) is 25.2 Å². The maximum absolute atomic E-state index is 12.2. The minimum atomic E-state index is -0.761. The summed E-state index contributed by atoms with van der Waals surface area (Å²) in [6.07, 6.45) is 0.799. The first-order valence-corrected chi connectivity index (χ1v) is 11.2. The van der Waals surface area contributed by atoms with E-state index in [1.807, 2.05) is 0 Å². The molecule has 1 aliphatic rings. The Morgan fingerprint density at radius 2 is 2.06 bits per heavy atom. The quantitative estimate of drug-likeness (QED) is 0.467. The Hall–Kier alpha value is -2.11. The van der Waals surface area contributed by atoms with Crippen LogP contribution in [0, 0.1) is 0 Å². The number of rotatable bonds is 9. The van der Waals surface area contributed by atoms with Crippen molar-refractivity contribution >= 4 is 51.7 Å². The maximum atomic E-state index is 12.2. The van der Waals surface area contributed by atoms with E-state index in [1.54, 1.807) is 18.2 Å². The van der Waals surface area contributed by atoms with Gasteiger partial charge < -0.3 is 20.5 Å². The van der Waals surface area contributed by atoms with Crippen LogP contribution in [0.3, 0.4) is 0 Å². The molecule has 1 aromatic heterocycles. The monoisotopic (exact) mass is 487 g/mol. The Morgan fingerprint density at radius 3 is 2.81 bits per heavy atom. The van der Waals surface area contributed by atoms with E-state index in [-0.39, 0.29) is 23.1 Å². The molecule has 168 valence electrons. The molecule has 31 heavy (non-hydrogen) atoms. The lowest BCUT2D eigenvalue weighted by molar-refractivity contribution is 0.0375. The van der Waals surface area contributed by atoms with Crippen LogP contribution in [0.2, 0.25) is 10.0 Å². The molecular formula is C19H23Cl2N5O4S. The summed E-state index contributed by atoms with van der Waals surface area (Å²) in [5.41, 5.74) is 6.11. The number of ether oxygens (including phenoxy) is 2. The van der Waals surface area contributed by atoms with E-state index in [0.29, 0.717) is 22.2 Å². The Morgan fingerprint density at radius 1 is 1.29 bits per heavy atom. The average molecular weight is 488 g/mol. The molecule has 0 radical (unpaired) electrons. The van der Waals surface area contributed by atoms with E-state index in [1.165, 1.54) is 0 Å². The standard InChI is InChI=1S/C19H23Cl2N5O4S/c20-13-4-1-3-12(15(13)21)11-30-17-14(16(22)27)18(31-25-17)24-19(28)23-5-2-6-26-7-9-29-10-8-26/h1,3-4H,2,5-11H2,(H2,22,27)(H2,23,24,28). The van der Waals surface area contributed by atoms with Crippen molar-refractivity contribution in [1.82, 2.24) is 14.6 Å². The Kier molecular flexibility index (Phi) is 8.73. The van der Waals surface area contributed by atoms with Crippen LogP contribution < -0.4 is 21.1 Å². The van der Waals surface area contributed by atoms with E-state index in [0.717, 1.165) is 50.8 Å². The summed E-state index contributed by atoms with van der Waals surface area (Å²) in [6.45, 7) is 4.69. The highest BCUT2D eigenvalue weighted by Gasteiger charge is 2.22. The fraction of sp³-hybridized carbons (Fsp3) is 0.421. The number of urea groups is 1. The molecule has 12 heteroatoms. The number of halogens is 2. The average Bonchev–Trinajstić information content (AvgIpc) is 3.15. The van der Waals surface area contributed by atoms with E-state index in [2.05, 4.69) is 19.9 Å². The molecule has 0 saturated carbocycles. The molecule has 1 aliphatic heterocycles. The van der Waals surface area contributed by atoms with Crippen LogP contribution in [0.15, 0.2) is 18.2 Å². The van der Waals surface area contributed by atoms with Gasteiger partial charge in [0.25, 0.3) is 5.91 Å². The zero-order valence-electron chi connectivity index (χ0n) is 16.7. The third-order valence-corrected chi connectivity index (χ3v) is 6.17. The second-order valence-corrected chi connectivity index (χ2v) is 8.30. The number of nitrogens with zero attached hydrogens (tertiary/aromatic N) is 2. The molecule has 3 amide bonds. The van der Waals surface area contributed by atoms with E-state index < -0.39 is 11.9 Å². The van der Waals surface area contributed by atoms with Crippen molar-refractivity contribution in [3.8, 4) is 5.88 Å². The fourth-order valence-electron chi connectivity index (χ4n) is 2.96. The number of carbonyl (C=O) groups is 2. The van der Waals surface area contributed by atoms with Gasteiger partial charge in [-0.2, -0.15) is 4.37 Å². The van der Waals surface area contributed by atoms with Gasteiger partial charge in [0.2, 0.25) is 5.88 Å². The molecule has 1 saturated heterocycles. The number of primary amides is 1. The number of nitrogens with two attached hydrogens (primary N) is 1. The Labute approximate surface area is 193 Å². The van der Waals surface area contributed by atoms with Crippen LogP contribution in [0.25, 0.3) is 0 Å². The predicted octanol–water partition coefficient (Wildman–Crippen LogP) is 2.97. The number of hydrogen-bond donors (Lipinski definition) is 3. The Balaban J connectivity index is 1.52. The van der Waals surface area contributed by atoms with Crippen molar-refractivity contribution in [3.05, 3.63) is 39.4 Å². The van der Waals surface area contributed by atoms with Crippen LogP contribution in [0.5, 0.6) is 5.88 Å². The van der Waals surface area contributed by atoms with Crippen molar-refractivity contribution in [2.24, 2.45) is 5.73 Å². The van der Waals surface area contributed by atoms with Gasteiger partial charge >= 0.3 is 6.03 Å². The number of morpholine rings is 1. The van der Waals surface area contributed by atoms with Gasteiger partial charge in [-0.15, -0.1) is 0 Å².